The molecule has 1 aliphatic heterocycles. The van der Waals surface area contributed by atoms with Crippen LogP contribution in [-0.2, 0) is 11.2 Å². The summed E-state index contributed by atoms with van der Waals surface area (Å²) in [6.07, 6.45) is 1.77. The van der Waals surface area contributed by atoms with Gasteiger partial charge in [0.05, 0.1) is 13.1 Å². The standard InChI is InChI=1S/C14H17NOS/c1-3-12(2)13-5-4-6-14(11-13)15-7-9-17(16)10-8-15/h3-6,11H,1-2,7-10H2. The second-order valence-electron chi connectivity index (χ2n) is 4.11. The zero-order chi connectivity index (χ0) is 12.3. The summed E-state index contributed by atoms with van der Waals surface area (Å²) < 4.78 is 11.3. The molecule has 17 heavy (non-hydrogen) atoms. The molecular formula is C14H17NOS. The molecule has 0 aliphatic carbocycles. The highest BCUT2D eigenvalue weighted by Gasteiger charge is 2.19. The van der Waals surface area contributed by atoms with Crippen LogP contribution in [0.25, 0.3) is 5.57 Å². The Morgan fingerprint density at radius 2 is 2.06 bits per heavy atom. The van der Waals surface area contributed by atoms with Crippen LogP contribution in [0.2, 0.25) is 0 Å². The summed E-state index contributed by atoms with van der Waals surface area (Å²) in [6.45, 7) is 9.44. The first kappa shape index (κ1) is 12.3. The molecule has 1 aromatic carbocycles. The molecule has 0 bridgehead atoms. The third-order valence-corrected chi connectivity index (χ3v) is 4.28. The van der Waals surface area contributed by atoms with E-state index in [1.807, 2.05) is 12.1 Å². The Kier molecular flexibility index (Phi) is 3.92. The van der Waals surface area contributed by atoms with Crippen molar-refractivity contribution in [1.29, 1.82) is 0 Å². The maximum Gasteiger partial charge on any atom is 0.123 e. The van der Waals surface area contributed by atoms with Gasteiger partial charge in [0, 0.05) is 5.69 Å². The van der Waals surface area contributed by atoms with E-state index in [1.54, 1.807) is 6.08 Å². The Labute approximate surface area is 106 Å². The molecule has 1 heterocycles. The highest BCUT2D eigenvalue weighted by molar-refractivity contribution is 7.91. The van der Waals surface area contributed by atoms with Gasteiger partial charge in [0.2, 0.25) is 0 Å². The van der Waals surface area contributed by atoms with Crippen molar-refractivity contribution in [2.75, 3.05) is 29.5 Å². The van der Waals surface area contributed by atoms with Crippen LogP contribution in [0.4, 0.5) is 5.69 Å². The van der Waals surface area contributed by atoms with Gasteiger partial charge in [0.1, 0.15) is 11.5 Å². The van der Waals surface area contributed by atoms with E-state index in [4.69, 9.17) is 0 Å². The van der Waals surface area contributed by atoms with E-state index in [9.17, 15) is 4.55 Å². The van der Waals surface area contributed by atoms with Crippen molar-refractivity contribution in [3.05, 3.63) is 49.1 Å². The third-order valence-electron chi connectivity index (χ3n) is 3.01. The largest absolute Gasteiger partial charge is 0.616 e. The highest BCUT2D eigenvalue weighted by atomic mass is 32.2. The Morgan fingerprint density at radius 3 is 2.71 bits per heavy atom. The van der Waals surface area contributed by atoms with Crippen molar-refractivity contribution in [1.82, 2.24) is 0 Å². The summed E-state index contributed by atoms with van der Waals surface area (Å²) in [4.78, 5) is 2.28. The molecule has 0 aromatic heterocycles. The molecular weight excluding hydrogens is 230 g/mol. The maximum absolute atomic E-state index is 11.3. The van der Waals surface area contributed by atoms with Gasteiger partial charge in [-0.1, -0.05) is 42.5 Å². The molecule has 0 amide bonds. The summed E-state index contributed by atoms with van der Waals surface area (Å²) >= 11 is -0.626. The van der Waals surface area contributed by atoms with Crippen LogP contribution in [0.15, 0.2) is 43.5 Å². The van der Waals surface area contributed by atoms with Gasteiger partial charge in [-0.15, -0.1) is 0 Å². The number of nitrogens with zero attached hydrogens (tertiary/aromatic N) is 1. The lowest BCUT2D eigenvalue weighted by atomic mass is 10.1. The van der Waals surface area contributed by atoms with Crippen LogP contribution in [0.5, 0.6) is 0 Å². The average Bonchev–Trinajstić information content (AvgIpc) is 2.39. The van der Waals surface area contributed by atoms with Crippen LogP contribution in [0.3, 0.4) is 0 Å². The quantitative estimate of drug-likeness (QED) is 0.606. The van der Waals surface area contributed by atoms with E-state index in [-0.39, 0.29) is 0 Å². The topological polar surface area (TPSA) is 26.3 Å². The number of anilines is 1. The minimum absolute atomic E-state index is 0.626. The summed E-state index contributed by atoms with van der Waals surface area (Å²) in [5.41, 5.74) is 3.22. The summed E-state index contributed by atoms with van der Waals surface area (Å²) in [7, 11) is 0. The van der Waals surface area contributed by atoms with Gasteiger partial charge >= 0.3 is 0 Å². The molecule has 1 aliphatic rings. The lowest BCUT2D eigenvalue weighted by molar-refractivity contribution is 0.586. The highest BCUT2D eigenvalue weighted by Crippen LogP contribution is 2.22. The van der Waals surface area contributed by atoms with E-state index in [2.05, 4.69) is 30.2 Å². The lowest BCUT2D eigenvalue weighted by Gasteiger charge is -2.30. The normalized spacial score (nSPS) is 16.9. The molecule has 2 nitrogen and oxygen atoms in total. The number of rotatable bonds is 3. The van der Waals surface area contributed by atoms with Gasteiger partial charge in [-0.3, -0.25) is 0 Å². The van der Waals surface area contributed by atoms with Crippen molar-refractivity contribution in [2.45, 2.75) is 0 Å². The summed E-state index contributed by atoms with van der Waals surface area (Å²) in [6, 6.07) is 8.28. The number of hydrogen-bond donors (Lipinski definition) is 0. The SMILES string of the molecule is C=CC(=C)c1cccc(N2CC[S+]([O-])CC2)c1. The van der Waals surface area contributed by atoms with Gasteiger partial charge in [-0.05, 0) is 23.3 Å². The molecule has 1 saturated heterocycles. The molecule has 1 aromatic rings. The maximum atomic E-state index is 11.3. The number of hydrogen-bond acceptors (Lipinski definition) is 2. The monoisotopic (exact) mass is 247 g/mol. The van der Waals surface area contributed by atoms with Crippen LogP contribution < -0.4 is 4.90 Å². The predicted molar refractivity (Wildman–Crippen MR) is 75.8 cm³/mol. The van der Waals surface area contributed by atoms with Crippen molar-refractivity contribution < 1.29 is 4.55 Å². The van der Waals surface area contributed by atoms with Crippen LogP contribution in [-0.4, -0.2) is 29.1 Å². The Morgan fingerprint density at radius 1 is 1.35 bits per heavy atom. The molecule has 0 atom stereocenters. The average molecular weight is 247 g/mol. The molecule has 1 fully saturated rings. The van der Waals surface area contributed by atoms with Gasteiger partial charge in [-0.2, -0.15) is 0 Å². The van der Waals surface area contributed by atoms with E-state index >= 15 is 0 Å². The number of benzene rings is 1. The molecule has 0 saturated carbocycles. The summed E-state index contributed by atoms with van der Waals surface area (Å²) in [5.74, 6) is 1.54. The molecule has 3 heteroatoms. The van der Waals surface area contributed by atoms with E-state index in [0.717, 1.165) is 35.7 Å². The molecule has 0 spiro atoms. The van der Waals surface area contributed by atoms with Crippen molar-refractivity contribution in [3.8, 4) is 0 Å². The van der Waals surface area contributed by atoms with Gasteiger partial charge < -0.3 is 9.45 Å². The van der Waals surface area contributed by atoms with Crippen molar-refractivity contribution >= 4 is 22.4 Å². The molecule has 90 valence electrons. The second kappa shape index (κ2) is 5.43. The van der Waals surface area contributed by atoms with Crippen LogP contribution in [0, 0.1) is 0 Å². The zero-order valence-corrected chi connectivity index (χ0v) is 10.7. The summed E-state index contributed by atoms with van der Waals surface area (Å²) in [5, 5.41) is 0. The Hall–Kier alpha value is -1.19. The van der Waals surface area contributed by atoms with E-state index < -0.39 is 11.2 Å². The van der Waals surface area contributed by atoms with Crippen LogP contribution >= 0.6 is 0 Å². The fraction of sp³-hybridized carbons (Fsp3) is 0.286. The minimum Gasteiger partial charge on any atom is -0.616 e. The fourth-order valence-corrected chi connectivity index (χ4v) is 2.97. The third kappa shape index (κ3) is 2.93. The molecule has 0 unspecified atom stereocenters. The molecule has 0 N–H and O–H groups in total. The molecule has 2 rings (SSSR count). The Bertz CT molecular complexity index is 422. The van der Waals surface area contributed by atoms with Crippen LogP contribution in [0.1, 0.15) is 5.56 Å². The molecule has 0 radical (unpaired) electrons. The van der Waals surface area contributed by atoms with Crippen molar-refractivity contribution in [3.63, 3.8) is 0 Å². The van der Waals surface area contributed by atoms with Gasteiger partial charge in [0.25, 0.3) is 0 Å². The first-order valence-corrected chi connectivity index (χ1v) is 7.21. The zero-order valence-electron chi connectivity index (χ0n) is 9.89. The number of allylic oxidation sites excluding steroid dienone is 2. The lowest BCUT2D eigenvalue weighted by Crippen LogP contribution is -2.40. The second-order valence-corrected chi connectivity index (χ2v) is 5.81. The first-order chi connectivity index (χ1) is 8.20. The predicted octanol–water partition coefficient (Wildman–Crippen LogP) is 2.45. The fourth-order valence-electron chi connectivity index (χ4n) is 1.92. The van der Waals surface area contributed by atoms with E-state index in [1.165, 1.54) is 5.69 Å². The van der Waals surface area contributed by atoms with Gasteiger partial charge in [0.15, 0.2) is 0 Å². The van der Waals surface area contributed by atoms with E-state index in [0.29, 0.717) is 0 Å². The van der Waals surface area contributed by atoms with Crippen molar-refractivity contribution in [2.24, 2.45) is 0 Å². The first-order valence-electron chi connectivity index (χ1n) is 5.72. The minimum atomic E-state index is -0.626. The van der Waals surface area contributed by atoms with Gasteiger partial charge in [-0.25, -0.2) is 0 Å². The Balaban J connectivity index is 2.16. The smallest absolute Gasteiger partial charge is 0.123 e.